The highest BCUT2D eigenvalue weighted by Crippen LogP contribution is 2.54. The van der Waals surface area contributed by atoms with E-state index in [-0.39, 0.29) is 17.9 Å². The van der Waals surface area contributed by atoms with Crippen molar-refractivity contribution in [3.63, 3.8) is 0 Å². The normalized spacial score (nSPS) is 36.3. The SMILES string of the molecule is CC[C@@H]1CN2CC[C@@]3(OC4OC(C(=O)O)C(O)C(O)C4O)C(=Nc4cccc(OC)c43)[C@@H]2C[C@@H]1/C(=C\OC)C(=O)OC. The van der Waals surface area contributed by atoms with Crippen molar-refractivity contribution in [2.24, 2.45) is 16.8 Å². The number of carbonyl (C=O) groups is 2. The maximum atomic E-state index is 12.8. The van der Waals surface area contributed by atoms with E-state index in [2.05, 4.69) is 11.8 Å². The van der Waals surface area contributed by atoms with Gasteiger partial charge >= 0.3 is 11.9 Å². The van der Waals surface area contributed by atoms with Gasteiger partial charge in [-0.25, -0.2) is 9.59 Å². The van der Waals surface area contributed by atoms with E-state index in [9.17, 15) is 30.0 Å². The second-order valence-corrected chi connectivity index (χ2v) is 11.1. The summed E-state index contributed by atoms with van der Waals surface area (Å²) >= 11 is 0. The molecule has 9 atom stereocenters. The first-order valence-corrected chi connectivity index (χ1v) is 14.0. The molecular weight excluding hydrogens is 552 g/mol. The fourth-order valence-corrected chi connectivity index (χ4v) is 6.96. The number of ether oxygens (including phenoxy) is 5. The van der Waals surface area contributed by atoms with Crippen molar-refractivity contribution in [3.05, 3.63) is 35.6 Å². The second kappa shape index (κ2) is 11.9. The van der Waals surface area contributed by atoms with Crippen LogP contribution in [-0.2, 0) is 34.1 Å². The molecule has 0 radical (unpaired) electrons. The fourth-order valence-electron chi connectivity index (χ4n) is 6.96. The minimum atomic E-state index is -1.86. The van der Waals surface area contributed by atoms with E-state index in [1.54, 1.807) is 12.1 Å². The van der Waals surface area contributed by atoms with E-state index in [1.165, 1.54) is 27.6 Å². The number of aliphatic carboxylic acids is 1. The summed E-state index contributed by atoms with van der Waals surface area (Å²) in [6.45, 7) is 3.29. The van der Waals surface area contributed by atoms with Crippen LogP contribution in [0.3, 0.4) is 0 Å². The lowest BCUT2D eigenvalue weighted by atomic mass is 9.70. The summed E-state index contributed by atoms with van der Waals surface area (Å²) in [5.41, 5.74) is 0.879. The summed E-state index contributed by atoms with van der Waals surface area (Å²) in [5.74, 6) is -1.60. The molecule has 0 bridgehead atoms. The predicted octanol–water partition coefficient (Wildman–Crippen LogP) is 0.709. The lowest BCUT2D eigenvalue weighted by Crippen LogP contribution is -2.65. The first kappa shape index (κ1) is 30.4. The molecule has 5 unspecified atom stereocenters. The van der Waals surface area contributed by atoms with Crippen molar-refractivity contribution in [2.75, 3.05) is 34.4 Å². The maximum absolute atomic E-state index is 12.8. The van der Waals surface area contributed by atoms with Crippen molar-refractivity contribution in [1.82, 2.24) is 4.90 Å². The highest BCUT2D eigenvalue weighted by atomic mass is 16.7. The molecule has 42 heavy (non-hydrogen) atoms. The minimum Gasteiger partial charge on any atom is -0.504 e. The number of fused-ring (bicyclic) bond motifs is 5. The van der Waals surface area contributed by atoms with Crippen molar-refractivity contribution in [1.29, 1.82) is 0 Å². The first-order valence-electron chi connectivity index (χ1n) is 14.0. The number of carbonyl (C=O) groups excluding carboxylic acids is 1. The molecule has 0 saturated carbocycles. The average Bonchev–Trinajstić information content (AvgIpc) is 3.33. The summed E-state index contributed by atoms with van der Waals surface area (Å²) in [6.07, 6.45) is -5.78. The molecule has 3 fully saturated rings. The predicted molar refractivity (Wildman–Crippen MR) is 146 cm³/mol. The summed E-state index contributed by atoms with van der Waals surface area (Å²) in [6, 6.07) is 5.05. The number of benzene rings is 1. The Morgan fingerprint density at radius 1 is 1.17 bits per heavy atom. The Kier molecular flexibility index (Phi) is 8.61. The zero-order valence-corrected chi connectivity index (χ0v) is 24.0. The Morgan fingerprint density at radius 3 is 2.57 bits per heavy atom. The topological polar surface area (TPSA) is 177 Å². The third-order valence-electron chi connectivity index (χ3n) is 9.03. The largest absolute Gasteiger partial charge is 0.504 e. The number of aliphatic hydroxyl groups is 3. The molecule has 1 aromatic carbocycles. The lowest BCUT2D eigenvalue weighted by Gasteiger charge is -2.52. The van der Waals surface area contributed by atoms with E-state index in [4.69, 9.17) is 28.7 Å². The van der Waals surface area contributed by atoms with E-state index >= 15 is 0 Å². The molecule has 4 N–H and O–H groups in total. The van der Waals surface area contributed by atoms with Gasteiger partial charge < -0.3 is 44.1 Å². The number of aliphatic hydroxyl groups excluding tert-OH is 3. The highest BCUT2D eigenvalue weighted by Gasteiger charge is 2.59. The van der Waals surface area contributed by atoms with E-state index in [0.717, 1.165) is 6.42 Å². The molecule has 13 nitrogen and oxygen atoms in total. The number of aliphatic imine (C=N–C) groups is 1. The van der Waals surface area contributed by atoms with Gasteiger partial charge in [0.25, 0.3) is 0 Å². The number of nitrogens with zero attached hydrogens (tertiary/aromatic N) is 2. The smallest absolute Gasteiger partial charge is 0.337 e. The average molecular weight is 591 g/mol. The van der Waals surface area contributed by atoms with Crippen LogP contribution in [0.25, 0.3) is 0 Å². The Balaban J connectivity index is 1.58. The van der Waals surface area contributed by atoms with Crippen LogP contribution in [0.15, 0.2) is 35.0 Å². The van der Waals surface area contributed by atoms with Gasteiger partial charge in [-0.15, -0.1) is 0 Å². The number of hydrogen-bond donors (Lipinski definition) is 4. The van der Waals surface area contributed by atoms with Gasteiger partial charge in [0.1, 0.15) is 29.7 Å². The van der Waals surface area contributed by atoms with Crippen molar-refractivity contribution in [2.45, 2.75) is 68.5 Å². The molecule has 0 amide bonds. The van der Waals surface area contributed by atoms with E-state index < -0.39 is 48.2 Å². The monoisotopic (exact) mass is 590 g/mol. The summed E-state index contributed by atoms with van der Waals surface area (Å²) in [7, 11) is 4.33. The Bertz CT molecular complexity index is 1270. The highest BCUT2D eigenvalue weighted by molar-refractivity contribution is 6.05. The molecule has 0 aromatic heterocycles. The molecule has 1 aromatic rings. The molecular formula is C29H38N2O11. The Morgan fingerprint density at radius 2 is 1.93 bits per heavy atom. The van der Waals surface area contributed by atoms with Gasteiger partial charge in [0, 0.05) is 13.1 Å². The third-order valence-corrected chi connectivity index (χ3v) is 9.03. The molecule has 0 spiro atoms. The minimum absolute atomic E-state index is 0.130. The zero-order valence-electron chi connectivity index (χ0n) is 24.0. The van der Waals surface area contributed by atoms with Crippen LogP contribution in [0.5, 0.6) is 5.75 Å². The number of hydrogen-bond acceptors (Lipinski definition) is 12. The van der Waals surface area contributed by atoms with E-state index in [1.807, 2.05) is 6.07 Å². The molecule has 230 valence electrons. The van der Waals surface area contributed by atoms with Crippen LogP contribution in [-0.4, -0.2) is 114 Å². The molecule has 3 saturated heterocycles. The fraction of sp³-hybridized carbons (Fsp3) is 0.621. The molecule has 13 heteroatoms. The first-order chi connectivity index (χ1) is 20.1. The van der Waals surface area contributed by atoms with Gasteiger partial charge in [-0.3, -0.25) is 9.89 Å². The van der Waals surface area contributed by atoms with Gasteiger partial charge in [0.15, 0.2) is 12.4 Å². The van der Waals surface area contributed by atoms with Crippen molar-refractivity contribution < 1.29 is 53.7 Å². The van der Waals surface area contributed by atoms with Crippen LogP contribution in [0.4, 0.5) is 5.69 Å². The molecule has 0 aliphatic carbocycles. The number of methoxy groups -OCH3 is 3. The number of rotatable bonds is 8. The van der Waals surface area contributed by atoms with Crippen LogP contribution in [0.1, 0.15) is 31.7 Å². The van der Waals surface area contributed by atoms with Crippen LogP contribution >= 0.6 is 0 Å². The number of carboxylic acid groups (broad SMARTS) is 1. The maximum Gasteiger partial charge on any atom is 0.337 e. The summed E-state index contributed by atoms with van der Waals surface area (Å²) in [5, 5.41) is 41.3. The molecule has 4 aliphatic rings. The van der Waals surface area contributed by atoms with Crippen molar-refractivity contribution in [3.8, 4) is 5.75 Å². The van der Waals surface area contributed by atoms with E-state index in [0.29, 0.717) is 54.2 Å². The van der Waals surface area contributed by atoms with Crippen LogP contribution in [0, 0.1) is 11.8 Å². The van der Waals surface area contributed by atoms with Crippen LogP contribution < -0.4 is 4.74 Å². The second-order valence-electron chi connectivity index (χ2n) is 11.1. The van der Waals surface area contributed by atoms with Gasteiger partial charge in [-0.2, -0.15) is 0 Å². The lowest BCUT2D eigenvalue weighted by molar-refractivity contribution is -0.315. The van der Waals surface area contributed by atoms with Crippen molar-refractivity contribution >= 4 is 23.3 Å². The molecule has 5 rings (SSSR count). The Hall–Kier alpha value is -3.07. The number of carboxylic acids is 1. The third kappa shape index (κ3) is 4.87. The standard InChI is InChI=1S/C29H38N2O11/c1-5-14-12-31-10-9-29(42-28-23(34)21(32)22(33)24(41-28)26(35)36)20-17(7-6-8-19(20)39-3)30-25(29)18(31)11-15(14)16(13-38-2)27(37)40-4/h6-8,13-15,18,21-24,28,32-34H,5,9-12H2,1-4H3,(H,35,36)/b16-13+/t14-,15+,18+,21?,22?,23?,24?,28?,29+/m1/s1. The summed E-state index contributed by atoms with van der Waals surface area (Å²) in [4.78, 5) is 32.0. The zero-order chi connectivity index (χ0) is 30.3. The number of piperidine rings is 2. The van der Waals surface area contributed by atoms with Gasteiger partial charge in [0.2, 0.25) is 0 Å². The van der Waals surface area contributed by atoms with Gasteiger partial charge in [-0.05, 0) is 36.8 Å². The van der Waals surface area contributed by atoms with Gasteiger partial charge in [0.05, 0.1) is 56.2 Å². The summed E-state index contributed by atoms with van der Waals surface area (Å²) < 4.78 is 28.2. The van der Waals surface area contributed by atoms with Crippen LogP contribution in [0.2, 0.25) is 0 Å². The van der Waals surface area contributed by atoms with Gasteiger partial charge in [-0.1, -0.05) is 19.4 Å². The quantitative estimate of drug-likeness (QED) is 0.190. The molecule has 4 aliphatic heterocycles. The Labute approximate surface area is 243 Å². The number of esters is 1. The molecule has 4 heterocycles.